The van der Waals surface area contributed by atoms with E-state index >= 15 is 0 Å². The molecule has 0 bridgehead atoms. The van der Waals surface area contributed by atoms with E-state index in [1.807, 2.05) is 6.92 Å². The first-order valence-corrected chi connectivity index (χ1v) is 6.71. The molecule has 0 fully saturated rings. The average molecular weight is 302 g/mol. The Kier molecular flexibility index (Phi) is 6.39. The number of Topliss-reactive ketones (excluding diaryl/α,β-unsaturated/α-hetero) is 1. The van der Waals surface area contributed by atoms with Gasteiger partial charge in [0.15, 0.2) is 5.78 Å². The summed E-state index contributed by atoms with van der Waals surface area (Å²) in [4.78, 5) is 23.2. The summed E-state index contributed by atoms with van der Waals surface area (Å²) in [7, 11) is 0. The van der Waals surface area contributed by atoms with E-state index in [-0.39, 0.29) is 19.4 Å². The Morgan fingerprint density at radius 1 is 1.14 bits per heavy atom. The maximum absolute atomic E-state index is 12.8. The van der Waals surface area contributed by atoms with Crippen molar-refractivity contribution in [1.82, 2.24) is 0 Å². The molecule has 0 radical (unpaired) electrons. The van der Waals surface area contributed by atoms with Crippen LogP contribution in [0.2, 0.25) is 0 Å². The average Bonchev–Trinajstić information content (AvgIpc) is 2.44. The summed E-state index contributed by atoms with van der Waals surface area (Å²) in [6, 6.07) is 4.56. The molecule has 0 aliphatic rings. The summed E-state index contributed by atoms with van der Waals surface area (Å²) in [6.07, 6.45) is -3.51. The zero-order chi connectivity index (χ0) is 15.9. The van der Waals surface area contributed by atoms with Gasteiger partial charge in [-0.05, 0) is 12.5 Å². The highest BCUT2D eigenvalue weighted by Crippen LogP contribution is 2.32. The molecule has 1 aromatic carbocycles. The van der Waals surface area contributed by atoms with Gasteiger partial charge in [0.2, 0.25) is 0 Å². The molecule has 0 unspecified atom stereocenters. The molecular weight excluding hydrogens is 285 g/mol. The van der Waals surface area contributed by atoms with Crippen LogP contribution in [0, 0.1) is 0 Å². The largest absolute Gasteiger partial charge is 0.466 e. The van der Waals surface area contributed by atoms with Gasteiger partial charge in [0.25, 0.3) is 0 Å². The van der Waals surface area contributed by atoms with Gasteiger partial charge in [0.05, 0.1) is 18.6 Å². The smallest absolute Gasteiger partial charge is 0.417 e. The number of unbranched alkanes of at least 4 members (excludes halogenated alkanes) is 1. The molecule has 0 aromatic heterocycles. The van der Waals surface area contributed by atoms with Gasteiger partial charge in [0.1, 0.15) is 0 Å². The predicted octanol–water partition coefficient (Wildman–Crippen LogP) is 4.01. The number of alkyl halides is 3. The highest BCUT2D eigenvalue weighted by Gasteiger charge is 2.34. The molecular formula is C15H17F3O3. The second-order valence-electron chi connectivity index (χ2n) is 4.54. The van der Waals surface area contributed by atoms with Crippen molar-refractivity contribution in [1.29, 1.82) is 0 Å². The minimum Gasteiger partial charge on any atom is -0.466 e. The predicted molar refractivity (Wildman–Crippen MR) is 70.9 cm³/mol. The third-order valence-electron chi connectivity index (χ3n) is 2.85. The fourth-order valence-electron chi connectivity index (χ4n) is 1.73. The van der Waals surface area contributed by atoms with E-state index < -0.39 is 29.1 Å². The summed E-state index contributed by atoms with van der Waals surface area (Å²) in [5.41, 5.74) is -1.39. The molecule has 0 saturated heterocycles. The van der Waals surface area contributed by atoms with Crippen LogP contribution in [-0.4, -0.2) is 18.4 Å². The molecule has 3 nitrogen and oxygen atoms in total. The van der Waals surface area contributed by atoms with Gasteiger partial charge in [-0.2, -0.15) is 13.2 Å². The molecule has 116 valence electrons. The number of hydrogen-bond acceptors (Lipinski definition) is 3. The maximum Gasteiger partial charge on any atom is 0.417 e. The van der Waals surface area contributed by atoms with E-state index in [2.05, 4.69) is 0 Å². The number of ketones is 1. The number of halogens is 3. The van der Waals surface area contributed by atoms with E-state index in [9.17, 15) is 22.8 Å². The molecule has 0 atom stereocenters. The molecule has 6 heteroatoms. The number of esters is 1. The highest BCUT2D eigenvalue weighted by molar-refractivity contribution is 5.99. The first kappa shape index (κ1) is 17.2. The van der Waals surface area contributed by atoms with Crippen molar-refractivity contribution >= 4 is 11.8 Å². The van der Waals surface area contributed by atoms with E-state index in [0.29, 0.717) is 0 Å². The number of hydrogen-bond donors (Lipinski definition) is 0. The SMILES string of the molecule is CCCCOC(=O)CCC(=O)c1ccccc1C(F)(F)F. The topological polar surface area (TPSA) is 43.4 Å². The fraction of sp³-hybridized carbons (Fsp3) is 0.467. The van der Waals surface area contributed by atoms with Crippen molar-refractivity contribution in [2.75, 3.05) is 6.61 Å². The van der Waals surface area contributed by atoms with E-state index in [1.165, 1.54) is 12.1 Å². The minimum atomic E-state index is -4.59. The number of ether oxygens (including phenoxy) is 1. The zero-order valence-corrected chi connectivity index (χ0v) is 11.7. The van der Waals surface area contributed by atoms with Gasteiger partial charge >= 0.3 is 12.1 Å². The molecule has 0 aliphatic heterocycles. The van der Waals surface area contributed by atoms with Crippen LogP contribution >= 0.6 is 0 Å². The standard InChI is InChI=1S/C15H17F3O3/c1-2-3-10-21-14(20)9-8-13(19)11-6-4-5-7-12(11)15(16,17)18/h4-7H,2-3,8-10H2,1H3. The second kappa shape index (κ2) is 7.81. The third kappa shape index (κ3) is 5.57. The molecule has 0 heterocycles. The fourth-order valence-corrected chi connectivity index (χ4v) is 1.73. The van der Waals surface area contributed by atoms with Crippen molar-refractivity contribution in [2.45, 2.75) is 38.8 Å². The molecule has 0 saturated carbocycles. The van der Waals surface area contributed by atoms with Crippen molar-refractivity contribution in [3.8, 4) is 0 Å². The van der Waals surface area contributed by atoms with Crippen LogP contribution in [0.15, 0.2) is 24.3 Å². The summed E-state index contributed by atoms with van der Waals surface area (Å²) in [5.74, 6) is -1.28. The lowest BCUT2D eigenvalue weighted by molar-refractivity contribution is -0.143. The molecule has 1 rings (SSSR count). The van der Waals surface area contributed by atoms with Crippen LogP contribution in [0.3, 0.4) is 0 Å². The Balaban J connectivity index is 2.63. The summed E-state index contributed by atoms with van der Waals surface area (Å²) >= 11 is 0. The third-order valence-corrected chi connectivity index (χ3v) is 2.85. The first-order valence-electron chi connectivity index (χ1n) is 6.71. The zero-order valence-electron chi connectivity index (χ0n) is 11.7. The van der Waals surface area contributed by atoms with Gasteiger partial charge in [-0.1, -0.05) is 31.5 Å². The summed E-state index contributed by atoms with van der Waals surface area (Å²) < 4.78 is 43.2. The lowest BCUT2D eigenvalue weighted by Crippen LogP contribution is -2.14. The van der Waals surface area contributed by atoms with Gasteiger partial charge in [-0.3, -0.25) is 9.59 Å². The Labute approximate surface area is 121 Å². The van der Waals surface area contributed by atoms with Crippen molar-refractivity contribution < 1.29 is 27.5 Å². The van der Waals surface area contributed by atoms with Crippen LogP contribution < -0.4 is 0 Å². The number of carbonyl (C=O) groups is 2. The molecule has 0 N–H and O–H groups in total. The van der Waals surface area contributed by atoms with Crippen LogP contribution in [0.4, 0.5) is 13.2 Å². The Bertz CT molecular complexity index is 495. The highest BCUT2D eigenvalue weighted by atomic mass is 19.4. The molecule has 0 spiro atoms. The summed E-state index contributed by atoms with van der Waals surface area (Å²) in [6.45, 7) is 2.20. The van der Waals surface area contributed by atoms with E-state index in [0.717, 1.165) is 25.0 Å². The quantitative estimate of drug-likeness (QED) is 0.434. The van der Waals surface area contributed by atoms with Gasteiger partial charge < -0.3 is 4.74 Å². The minimum absolute atomic E-state index is 0.214. The van der Waals surface area contributed by atoms with E-state index in [1.54, 1.807) is 0 Å². The van der Waals surface area contributed by atoms with Crippen LogP contribution in [0.25, 0.3) is 0 Å². The lowest BCUT2D eigenvalue weighted by atomic mass is 10.0. The maximum atomic E-state index is 12.8. The number of benzene rings is 1. The second-order valence-corrected chi connectivity index (χ2v) is 4.54. The Morgan fingerprint density at radius 2 is 1.81 bits per heavy atom. The van der Waals surface area contributed by atoms with Crippen molar-refractivity contribution in [2.24, 2.45) is 0 Å². The normalized spacial score (nSPS) is 11.2. The number of rotatable bonds is 7. The molecule has 0 amide bonds. The number of carbonyl (C=O) groups excluding carboxylic acids is 2. The Hall–Kier alpha value is -1.85. The summed E-state index contributed by atoms with van der Waals surface area (Å²) in [5, 5.41) is 0. The van der Waals surface area contributed by atoms with Gasteiger partial charge in [-0.15, -0.1) is 0 Å². The van der Waals surface area contributed by atoms with E-state index in [4.69, 9.17) is 4.74 Å². The first-order chi connectivity index (χ1) is 9.86. The van der Waals surface area contributed by atoms with Crippen molar-refractivity contribution in [3.63, 3.8) is 0 Å². The van der Waals surface area contributed by atoms with Gasteiger partial charge in [-0.25, -0.2) is 0 Å². The molecule has 0 aliphatic carbocycles. The lowest BCUT2D eigenvalue weighted by Gasteiger charge is -2.11. The molecule has 1 aromatic rings. The van der Waals surface area contributed by atoms with Crippen LogP contribution in [-0.2, 0) is 15.7 Å². The van der Waals surface area contributed by atoms with Crippen LogP contribution in [0.5, 0.6) is 0 Å². The molecule has 21 heavy (non-hydrogen) atoms. The van der Waals surface area contributed by atoms with Gasteiger partial charge in [0, 0.05) is 12.0 Å². The monoisotopic (exact) mass is 302 g/mol. The Morgan fingerprint density at radius 3 is 2.43 bits per heavy atom. The van der Waals surface area contributed by atoms with Crippen molar-refractivity contribution in [3.05, 3.63) is 35.4 Å². The van der Waals surface area contributed by atoms with Crippen LogP contribution in [0.1, 0.15) is 48.5 Å².